The van der Waals surface area contributed by atoms with Crippen molar-refractivity contribution in [3.05, 3.63) is 60.2 Å². The van der Waals surface area contributed by atoms with Crippen molar-refractivity contribution in [3.8, 4) is 11.5 Å². The zero-order valence-electron chi connectivity index (χ0n) is 13.6. The lowest BCUT2D eigenvalue weighted by Crippen LogP contribution is -2.32. The Labute approximate surface area is 137 Å². The third kappa shape index (κ3) is 5.66. The molecular formula is C19H23NO3. The maximum Gasteiger partial charge on any atom is 0.258 e. The third-order valence-electron chi connectivity index (χ3n) is 3.34. The highest BCUT2D eigenvalue weighted by molar-refractivity contribution is 5.77. The van der Waals surface area contributed by atoms with Crippen molar-refractivity contribution in [2.75, 3.05) is 19.8 Å². The van der Waals surface area contributed by atoms with Crippen molar-refractivity contribution in [3.63, 3.8) is 0 Å². The van der Waals surface area contributed by atoms with Gasteiger partial charge in [-0.2, -0.15) is 0 Å². The van der Waals surface area contributed by atoms with E-state index in [2.05, 4.69) is 25.2 Å². The number of hydrogen-bond donors (Lipinski definition) is 1. The Kier molecular flexibility index (Phi) is 6.48. The van der Waals surface area contributed by atoms with Crippen LogP contribution in [0.4, 0.5) is 0 Å². The molecule has 0 aliphatic rings. The van der Waals surface area contributed by atoms with Crippen LogP contribution in [0.3, 0.4) is 0 Å². The Balaban J connectivity index is 1.68. The summed E-state index contributed by atoms with van der Waals surface area (Å²) in [4.78, 5) is 11.7. The van der Waals surface area contributed by atoms with Gasteiger partial charge in [-0.15, -0.1) is 0 Å². The highest BCUT2D eigenvalue weighted by Crippen LogP contribution is 2.25. The summed E-state index contributed by atoms with van der Waals surface area (Å²) in [6.07, 6.45) is 0. The van der Waals surface area contributed by atoms with Crippen molar-refractivity contribution < 1.29 is 14.3 Å². The Morgan fingerprint density at radius 1 is 1.00 bits per heavy atom. The average Bonchev–Trinajstić information content (AvgIpc) is 2.58. The monoisotopic (exact) mass is 313 g/mol. The second-order valence-corrected chi connectivity index (χ2v) is 5.49. The molecule has 0 fully saturated rings. The van der Waals surface area contributed by atoms with Gasteiger partial charge in [-0.05, 0) is 29.7 Å². The molecule has 4 heteroatoms. The van der Waals surface area contributed by atoms with E-state index in [0.717, 1.165) is 5.75 Å². The van der Waals surface area contributed by atoms with Gasteiger partial charge in [0.1, 0.15) is 18.1 Å². The first-order chi connectivity index (χ1) is 11.2. The van der Waals surface area contributed by atoms with Gasteiger partial charge < -0.3 is 14.8 Å². The summed E-state index contributed by atoms with van der Waals surface area (Å²) in [5, 5.41) is 2.78. The molecule has 0 unspecified atom stereocenters. The summed E-state index contributed by atoms with van der Waals surface area (Å²) in [7, 11) is 0. The highest BCUT2D eigenvalue weighted by atomic mass is 16.5. The van der Waals surface area contributed by atoms with E-state index >= 15 is 0 Å². The van der Waals surface area contributed by atoms with Crippen molar-refractivity contribution >= 4 is 5.91 Å². The summed E-state index contributed by atoms with van der Waals surface area (Å²) < 4.78 is 11.1. The van der Waals surface area contributed by atoms with Crippen LogP contribution >= 0.6 is 0 Å². The van der Waals surface area contributed by atoms with Crippen molar-refractivity contribution in [2.45, 2.75) is 19.8 Å². The number of benzene rings is 2. The summed E-state index contributed by atoms with van der Waals surface area (Å²) >= 11 is 0. The van der Waals surface area contributed by atoms with E-state index in [-0.39, 0.29) is 12.5 Å². The van der Waals surface area contributed by atoms with Crippen LogP contribution in [0.15, 0.2) is 54.6 Å². The van der Waals surface area contributed by atoms with E-state index in [4.69, 9.17) is 9.47 Å². The highest BCUT2D eigenvalue weighted by Gasteiger charge is 2.07. The molecule has 2 aromatic rings. The minimum atomic E-state index is -0.158. The van der Waals surface area contributed by atoms with Gasteiger partial charge in [0, 0.05) is 0 Å². The van der Waals surface area contributed by atoms with Gasteiger partial charge in [-0.25, -0.2) is 0 Å². The maximum atomic E-state index is 11.7. The van der Waals surface area contributed by atoms with Gasteiger partial charge >= 0.3 is 0 Å². The molecular weight excluding hydrogens is 290 g/mol. The Morgan fingerprint density at radius 2 is 1.70 bits per heavy atom. The van der Waals surface area contributed by atoms with E-state index in [9.17, 15) is 4.79 Å². The molecule has 0 aliphatic carbocycles. The fourth-order valence-electron chi connectivity index (χ4n) is 2.16. The van der Waals surface area contributed by atoms with Gasteiger partial charge in [-0.1, -0.05) is 50.2 Å². The lowest BCUT2D eigenvalue weighted by Gasteiger charge is -2.14. The first-order valence-electron chi connectivity index (χ1n) is 7.83. The fourth-order valence-corrected chi connectivity index (χ4v) is 2.16. The molecule has 1 amide bonds. The average molecular weight is 313 g/mol. The second-order valence-electron chi connectivity index (χ2n) is 5.49. The molecule has 0 spiro atoms. The molecule has 2 rings (SSSR count). The summed E-state index contributed by atoms with van der Waals surface area (Å²) in [6, 6.07) is 17.2. The zero-order chi connectivity index (χ0) is 16.5. The Hall–Kier alpha value is -2.49. The van der Waals surface area contributed by atoms with Gasteiger partial charge in [0.2, 0.25) is 0 Å². The fraction of sp³-hybridized carbons (Fsp3) is 0.316. The van der Waals surface area contributed by atoms with E-state index in [1.54, 1.807) is 0 Å². The van der Waals surface area contributed by atoms with E-state index in [1.807, 2.05) is 48.5 Å². The number of rotatable bonds is 8. The molecule has 23 heavy (non-hydrogen) atoms. The van der Waals surface area contributed by atoms with Gasteiger partial charge in [0.05, 0.1) is 6.54 Å². The van der Waals surface area contributed by atoms with Crippen molar-refractivity contribution in [1.29, 1.82) is 0 Å². The third-order valence-corrected chi connectivity index (χ3v) is 3.34. The van der Waals surface area contributed by atoms with E-state index < -0.39 is 0 Å². The van der Waals surface area contributed by atoms with E-state index in [1.165, 1.54) is 5.56 Å². The largest absolute Gasteiger partial charge is 0.491 e. The number of para-hydroxylation sites is 2. The van der Waals surface area contributed by atoms with Crippen LogP contribution in [0, 0.1) is 0 Å². The zero-order valence-corrected chi connectivity index (χ0v) is 13.6. The summed E-state index contributed by atoms with van der Waals surface area (Å²) in [6.45, 7) is 5.15. The quantitative estimate of drug-likeness (QED) is 0.760. The van der Waals surface area contributed by atoms with Gasteiger partial charge in [0.15, 0.2) is 6.61 Å². The minimum Gasteiger partial charge on any atom is -0.491 e. The molecule has 2 aromatic carbocycles. The molecule has 4 nitrogen and oxygen atoms in total. The first-order valence-corrected chi connectivity index (χ1v) is 7.83. The normalized spacial score (nSPS) is 10.4. The van der Waals surface area contributed by atoms with Crippen LogP contribution in [0.2, 0.25) is 0 Å². The number of hydrogen-bond acceptors (Lipinski definition) is 3. The summed E-state index contributed by atoms with van der Waals surface area (Å²) in [5.74, 6) is 1.80. The standard InChI is InChI=1S/C19H23NO3/c1-15(2)17-10-6-7-11-18(17)22-13-12-20-19(21)14-23-16-8-4-3-5-9-16/h3-11,15H,12-14H2,1-2H3,(H,20,21). The first kappa shape index (κ1) is 16.9. The second kappa shape index (κ2) is 8.83. The van der Waals surface area contributed by atoms with Gasteiger partial charge in [-0.3, -0.25) is 4.79 Å². The van der Waals surface area contributed by atoms with Crippen LogP contribution < -0.4 is 14.8 Å². The van der Waals surface area contributed by atoms with Crippen LogP contribution in [0.1, 0.15) is 25.3 Å². The molecule has 1 N–H and O–H groups in total. The molecule has 0 saturated heterocycles. The number of ether oxygens (including phenoxy) is 2. The smallest absolute Gasteiger partial charge is 0.258 e. The SMILES string of the molecule is CC(C)c1ccccc1OCCNC(=O)COc1ccccc1. The molecule has 0 aliphatic heterocycles. The van der Waals surface area contributed by atoms with Crippen LogP contribution in [-0.4, -0.2) is 25.7 Å². The van der Waals surface area contributed by atoms with Crippen molar-refractivity contribution in [1.82, 2.24) is 5.32 Å². The Bertz CT molecular complexity index is 611. The minimum absolute atomic E-state index is 0.00654. The van der Waals surface area contributed by atoms with Crippen molar-refractivity contribution in [2.24, 2.45) is 0 Å². The predicted octanol–water partition coefficient (Wildman–Crippen LogP) is 3.38. The lowest BCUT2D eigenvalue weighted by molar-refractivity contribution is -0.123. The number of nitrogens with one attached hydrogen (secondary N) is 1. The van der Waals surface area contributed by atoms with Crippen LogP contribution in [-0.2, 0) is 4.79 Å². The molecule has 0 atom stereocenters. The molecule has 0 radical (unpaired) electrons. The Morgan fingerprint density at radius 3 is 2.43 bits per heavy atom. The number of carbonyl (C=O) groups excluding carboxylic acids is 1. The molecule has 122 valence electrons. The van der Waals surface area contributed by atoms with E-state index in [0.29, 0.717) is 24.8 Å². The topological polar surface area (TPSA) is 47.6 Å². The molecule has 0 heterocycles. The predicted molar refractivity (Wildman–Crippen MR) is 91.0 cm³/mol. The number of carbonyl (C=O) groups is 1. The molecule has 0 saturated carbocycles. The number of amides is 1. The molecule has 0 bridgehead atoms. The maximum absolute atomic E-state index is 11.7. The molecule has 0 aromatic heterocycles. The van der Waals surface area contributed by atoms with Gasteiger partial charge in [0.25, 0.3) is 5.91 Å². The van der Waals surface area contributed by atoms with Crippen LogP contribution in [0.25, 0.3) is 0 Å². The lowest BCUT2D eigenvalue weighted by atomic mass is 10.0. The van der Waals surface area contributed by atoms with Crippen LogP contribution in [0.5, 0.6) is 11.5 Å². The summed E-state index contributed by atoms with van der Waals surface area (Å²) in [5.41, 5.74) is 1.17.